The maximum absolute atomic E-state index is 5.74. The van der Waals surface area contributed by atoms with Gasteiger partial charge in [-0.3, -0.25) is 4.98 Å². The maximum Gasteiger partial charge on any atom is 0.0543 e. The van der Waals surface area contributed by atoms with Gasteiger partial charge in [0.15, 0.2) is 0 Å². The summed E-state index contributed by atoms with van der Waals surface area (Å²) < 4.78 is 0. The summed E-state index contributed by atoms with van der Waals surface area (Å²) in [6.45, 7) is 9.82. The highest BCUT2D eigenvalue weighted by molar-refractivity contribution is 5.02. The number of rotatable bonds is 8. The Morgan fingerprint density at radius 1 is 1.25 bits per heavy atom. The highest BCUT2D eigenvalue weighted by Gasteiger charge is 2.23. The van der Waals surface area contributed by atoms with Crippen LogP contribution in [-0.4, -0.2) is 30.0 Å². The molecule has 0 aliphatic rings. The number of pyridine rings is 1. The molecule has 0 spiro atoms. The number of hydrogen-bond acceptors (Lipinski definition) is 3. The van der Waals surface area contributed by atoms with Crippen molar-refractivity contribution in [3.63, 3.8) is 0 Å². The van der Waals surface area contributed by atoms with E-state index < -0.39 is 0 Å². The summed E-state index contributed by atoms with van der Waals surface area (Å²) in [6.07, 6.45) is 5.48. The Balaban J connectivity index is 2.31. The van der Waals surface area contributed by atoms with Gasteiger partial charge in [0, 0.05) is 12.7 Å². The molecule has 3 nitrogen and oxygen atoms in total. The Morgan fingerprint density at radius 2 is 2.00 bits per heavy atom. The summed E-state index contributed by atoms with van der Waals surface area (Å²) in [7, 11) is 2.17. The summed E-state index contributed by atoms with van der Waals surface area (Å²) in [6, 6.07) is 6.10. The van der Waals surface area contributed by atoms with Crippen LogP contribution >= 0.6 is 0 Å². The first-order valence-electron chi connectivity index (χ1n) is 7.72. The second kappa shape index (κ2) is 8.38. The minimum atomic E-state index is 0.360. The SMILES string of the molecule is CN(CCCC(CCN)C(C)(C)C)Cc1ccccn1. The molecule has 20 heavy (non-hydrogen) atoms. The lowest BCUT2D eigenvalue weighted by molar-refractivity contribution is 0.199. The van der Waals surface area contributed by atoms with Gasteiger partial charge in [0.05, 0.1) is 5.69 Å². The van der Waals surface area contributed by atoms with Crippen LogP contribution in [0, 0.1) is 11.3 Å². The molecule has 0 bridgehead atoms. The molecule has 2 N–H and O–H groups in total. The molecule has 3 heteroatoms. The molecule has 0 radical (unpaired) electrons. The number of nitrogens with zero attached hydrogens (tertiary/aromatic N) is 2. The average Bonchev–Trinajstić information content (AvgIpc) is 2.37. The van der Waals surface area contributed by atoms with Gasteiger partial charge in [-0.2, -0.15) is 0 Å². The first-order valence-corrected chi connectivity index (χ1v) is 7.72. The normalized spacial score (nSPS) is 13.7. The van der Waals surface area contributed by atoms with Gasteiger partial charge in [-0.15, -0.1) is 0 Å². The predicted molar refractivity (Wildman–Crippen MR) is 86.4 cm³/mol. The van der Waals surface area contributed by atoms with E-state index >= 15 is 0 Å². The van der Waals surface area contributed by atoms with Crippen molar-refractivity contribution in [3.8, 4) is 0 Å². The third-order valence-electron chi connectivity index (χ3n) is 3.99. The smallest absolute Gasteiger partial charge is 0.0543 e. The molecule has 0 aromatic carbocycles. The molecule has 114 valence electrons. The van der Waals surface area contributed by atoms with Crippen molar-refractivity contribution in [3.05, 3.63) is 30.1 Å². The summed E-state index contributed by atoms with van der Waals surface area (Å²) in [5.41, 5.74) is 7.24. The van der Waals surface area contributed by atoms with Crippen molar-refractivity contribution in [2.24, 2.45) is 17.1 Å². The van der Waals surface area contributed by atoms with Crippen LogP contribution in [0.3, 0.4) is 0 Å². The highest BCUT2D eigenvalue weighted by atomic mass is 15.1. The quantitative estimate of drug-likeness (QED) is 0.792. The van der Waals surface area contributed by atoms with E-state index in [-0.39, 0.29) is 0 Å². The van der Waals surface area contributed by atoms with Gasteiger partial charge in [-0.05, 0) is 62.9 Å². The van der Waals surface area contributed by atoms with E-state index in [0.717, 1.165) is 37.7 Å². The first-order chi connectivity index (χ1) is 9.43. The van der Waals surface area contributed by atoms with Crippen LogP contribution in [0.15, 0.2) is 24.4 Å². The molecular weight excluding hydrogens is 246 g/mol. The lowest BCUT2D eigenvalue weighted by atomic mass is 9.76. The van der Waals surface area contributed by atoms with E-state index in [4.69, 9.17) is 5.73 Å². The molecule has 1 rings (SSSR count). The maximum atomic E-state index is 5.74. The molecule has 1 atom stereocenters. The Labute approximate surface area is 124 Å². The summed E-state index contributed by atoms with van der Waals surface area (Å²) in [5, 5.41) is 0. The molecule has 1 aromatic rings. The summed E-state index contributed by atoms with van der Waals surface area (Å²) in [5.74, 6) is 0.718. The number of hydrogen-bond donors (Lipinski definition) is 1. The molecule has 0 aliphatic heterocycles. The van der Waals surface area contributed by atoms with Crippen LogP contribution in [0.1, 0.15) is 45.7 Å². The average molecular weight is 277 g/mol. The summed E-state index contributed by atoms with van der Waals surface area (Å²) >= 11 is 0. The van der Waals surface area contributed by atoms with Gasteiger partial charge >= 0.3 is 0 Å². The van der Waals surface area contributed by atoms with E-state index in [0.29, 0.717) is 5.41 Å². The largest absolute Gasteiger partial charge is 0.330 e. The monoisotopic (exact) mass is 277 g/mol. The lowest BCUT2D eigenvalue weighted by Crippen LogP contribution is -2.25. The third kappa shape index (κ3) is 6.49. The standard InChI is InChI=1S/C17H31N3/c1-17(2,3)15(10-11-18)8-7-13-20(4)14-16-9-5-6-12-19-16/h5-6,9,12,15H,7-8,10-11,13-14,18H2,1-4H3. The molecule has 1 heterocycles. The van der Waals surface area contributed by atoms with Crippen molar-refractivity contribution in [2.75, 3.05) is 20.1 Å². The Bertz CT molecular complexity index is 356. The fraction of sp³-hybridized carbons (Fsp3) is 0.706. The molecule has 0 aliphatic carbocycles. The van der Waals surface area contributed by atoms with Crippen molar-refractivity contribution in [1.82, 2.24) is 9.88 Å². The van der Waals surface area contributed by atoms with Gasteiger partial charge in [-0.1, -0.05) is 26.8 Å². The second-order valence-electron chi connectivity index (χ2n) is 6.84. The summed E-state index contributed by atoms with van der Waals surface area (Å²) in [4.78, 5) is 6.72. The van der Waals surface area contributed by atoms with E-state index in [1.165, 1.54) is 12.8 Å². The minimum absolute atomic E-state index is 0.360. The van der Waals surface area contributed by atoms with E-state index in [2.05, 4.69) is 43.8 Å². The second-order valence-corrected chi connectivity index (χ2v) is 6.84. The zero-order valence-corrected chi connectivity index (χ0v) is 13.6. The van der Waals surface area contributed by atoms with Crippen LogP contribution < -0.4 is 5.73 Å². The van der Waals surface area contributed by atoms with Crippen molar-refractivity contribution >= 4 is 0 Å². The van der Waals surface area contributed by atoms with Gasteiger partial charge < -0.3 is 10.6 Å². The minimum Gasteiger partial charge on any atom is -0.330 e. The van der Waals surface area contributed by atoms with Gasteiger partial charge in [0.25, 0.3) is 0 Å². The van der Waals surface area contributed by atoms with Crippen LogP contribution in [0.2, 0.25) is 0 Å². The molecule has 0 saturated heterocycles. The van der Waals surface area contributed by atoms with Crippen LogP contribution in [0.5, 0.6) is 0 Å². The number of nitrogens with two attached hydrogens (primary N) is 1. The fourth-order valence-corrected chi connectivity index (χ4v) is 2.67. The highest BCUT2D eigenvalue weighted by Crippen LogP contribution is 2.32. The topological polar surface area (TPSA) is 42.1 Å². The van der Waals surface area contributed by atoms with Crippen LogP contribution in [0.4, 0.5) is 0 Å². The molecule has 0 fully saturated rings. The van der Waals surface area contributed by atoms with E-state index in [9.17, 15) is 0 Å². The molecule has 1 aromatic heterocycles. The van der Waals surface area contributed by atoms with Gasteiger partial charge in [0.1, 0.15) is 0 Å². The molecular formula is C17H31N3. The Hall–Kier alpha value is -0.930. The molecule has 0 amide bonds. The molecule has 0 saturated carbocycles. The van der Waals surface area contributed by atoms with E-state index in [1.54, 1.807) is 0 Å². The van der Waals surface area contributed by atoms with Crippen molar-refractivity contribution in [2.45, 2.75) is 46.6 Å². The molecule has 1 unspecified atom stereocenters. The Morgan fingerprint density at radius 3 is 2.55 bits per heavy atom. The van der Waals surface area contributed by atoms with Crippen molar-refractivity contribution in [1.29, 1.82) is 0 Å². The van der Waals surface area contributed by atoms with Gasteiger partial charge in [-0.25, -0.2) is 0 Å². The number of aromatic nitrogens is 1. The fourth-order valence-electron chi connectivity index (χ4n) is 2.67. The lowest BCUT2D eigenvalue weighted by Gasteiger charge is -2.31. The Kier molecular flexibility index (Phi) is 7.17. The van der Waals surface area contributed by atoms with Gasteiger partial charge in [0.2, 0.25) is 0 Å². The zero-order chi connectivity index (χ0) is 15.0. The third-order valence-corrected chi connectivity index (χ3v) is 3.99. The van der Waals surface area contributed by atoms with Crippen LogP contribution in [-0.2, 0) is 6.54 Å². The van der Waals surface area contributed by atoms with Crippen LogP contribution in [0.25, 0.3) is 0 Å². The zero-order valence-electron chi connectivity index (χ0n) is 13.6. The first kappa shape index (κ1) is 17.1. The van der Waals surface area contributed by atoms with Crippen molar-refractivity contribution < 1.29 is 0 Å². The predicted octanol–water partition coefficient (Wildman–Crippen LogP) is 3.30. The van der Waals surface area contributed by atoms with E-state index in [1.807, 2.05) is 18.3 Å².